The van der Waals surface area contributed by atoms with Crippen molar-refractivity contribution < 1.29 is 19.2 Å². The highest BCUT2D eigenvalue weighted by atomic mass is 79.9. The summed E-state index contributed by atoms with van der Waals surface area (Å²) in [5.74, 6) is -2.31. The van der Waals surface area contributed by atoms with Crippen LogP contribution in [0.2, 0.25) is 0 Å². The molecule has 2 aromatic rings. The van der Waals surface area contributed by atoms with E-state index in [-0.39, 0.29) is 6.54 Å². The number of halogens is 1. The van der Waals surface area contributed by atoms with Crippen molar-refractivity contribution in [3.05, 3.63) is 70.2 Å². The topological polar surface area (TPSA) is 74.8 Å². The van der Waals surface area contributed by atoms with Crippen LogP contribution in [-0.4, -0.2) is 40.0 Å². The molecular formula is C18H13BrN2O4. The molecule has 126 valence electrons. The Morgan fingerprint density at radius 1 is 0.840 bits per heavy atom. The molecule has 0 atom stereocenters. The van der Waals surface area contributed by atoms with E-state index in [2.05, 4.69) is 15.9 Å². The number of ketones is 1. The van der Waals surface area contributed by atoms with Gasteiger partial charge in [-0.15, -0.1) is 0 Å². The lowest BCUT2D eigenvalue weighted by molar-refractivity contribution is -0.143. The minimum Gasteiger partial charge on any atom is -0.292 e. The van der Waals surface area contributed by atoms with Gasteiger partial charge in [-0.05, 0) is 17.7 Å². The van der Waals surface area contributed by atoms with Crippen LogP contribution in [0.1, 0.15) is 15.9 Å². The molecule has 0 aliphatic carbocycles. The Hall–Kier alpha value is -2.80. The van der Waals surface area contributed by atoms with Gasteiger partial charge in [0, 0.05) is 10.0 Å². The van der Waals surface area contributed by atoms with E-state index < -0.39 is 30.2 Å². The SMILES string of the molecule is O=C(CN1C(=O)C(=O)N(Cc2ccccc2)C1=O)c1ccc(Br)cc1. The predicted octanol–water partition coefficient (Wildman–Crippen LogP) is 2.62. The fraction of sp³-hybridized carbons (Fsp3) is 0.111. The van der Waals surface area contributed by atoms with Crippen LogP contribution in [0.15, 0.2) is 59.1 Å². The van der Waals surface area contributed by atoms with Crippen LogP contribution in [0.3, 0.4) is 0 Å². The van der Waals surface area contributed by atoms with Crippen molar-refractivity contribution in [3.8, 4) is 0 Å². The largest absolute Gasteiger partial charge is 0.334 e. The monoisotopic (exact) mass is 400 g/mol. The van der Waals surface area contributed by atoms with Crippen LogP contribution in [0.5, 0.6) is 0 Å². The van der Waals surface area contributed by atoms with Crippen molar-refractivity contribution in [2.45, 2.75) is 6.54 Å². The zero-order valence-electron chi connectivity index (χ0n) is 13.0. The number of nitrogens with zero attached hydrogens (tertiary/aromatic N) is 2. The van der Waals surface area contributed by atoms with Crippen LogP contribution >= 0.6 is 15.9 Å². The van der Waals surface area contributed by atoms with E-state index in [0.29, 0.717) is 10.5 Å². The summed E-state index contributed by atoms with van der Waals surface area (Å²) < 4.78 is 0.807. The summed E-state index contributed by atoms with van der Waals surface area (Å²) >= 11 is 3.27. The number of benzene rings is 2. The fourth-order valence-electron chi connectivity index (χ4n) is 2.47. The number of imide groups is 2. The van der Waals surface area contributed by atoms with Gasteiger partial charge in [0.05, 0.1) is 13.1 Å². The average molecular weight is 401 g/mol. The first-order valence-corrected chi connectivity index (χ1v) is 8.26. The maximum atomic E-state index is 12.4. The Balaban J connectivity index is 1.75. The second kappa shape index (κ2) is 6.98. The smallest absolute Gasteiger partial charge is 0.292 e. The highest BCUT2D eigenvalue weighted by Gasteiger charge is 2.45. The number of carbonyl (C=O) groups is 4. The van der Waals surface area contributed by atoms with Gasteiger partial charge in [0.1, 0.15) is 0 Å². The lowest BCUT2D eigenvalue weighted by Gasteiger charge is -2.15. The Kier molecular flexibility index (Phi) is 4.76. The van der Waals surface area contributed by atoms with Gasteiger partial charge in [-0.2, -0.15) is 0 Å². The molecular weight excluding hydrogens is 388 g/mol. The molecule has 1 aliphatic rings. The number of urea groups is 1. The molecule has 0 N–H and O–H groups in total. The third-order valence-electron chi connectivity index (χ3n) is 3.79. The van der Waals surface area contributed by atoms with E-state index in [1.54, 1.807) is 48.5 Å². The summed E-state index contributed by atoms with van der Waals surface area (Å²) in [6.07, 6.45) is 0. The predicted molar refractivity (Wildman–Crippen MR) is 92.6 cm³/mol. The normalized spacial score (nSPS) is 14.4. The number of Topliss-reactive ketones (excluding diaryl/α,β-unsaturated/α-hetero) is 1. The summed E-state index contributed by atoms with van der Waals surface area (Å²) in [6.45, 7) is -0.469. The van der Waals surface area contributed by atoms with Crippen LogP contribution in [0.25, 0.3) is 0 Å². The van der Waals surface area contributed by atoms with Gasteiger partial charge in [-0.1, -0.05) is 58.4 Å². The molecule has 7 heteroatoms. The zero-order chi connectivity index (χ0) is 18.0. The molecule has 0 spiro atoms. The van der Waals surface area contributed by atoms with E-state index in [9.17, 15) is 19.2 Å². The number of rotatable bonds is 5. The van der Waals surface area contributed by atoms with Crippen molar-refractivity contribution in [3.63, 3.8) is 0 Å². The summed E-state index contributed by atoms with van der Waals surface area (Å²) in [5.41, 5.74) is 1.08. The Bertz CT molecular complexity index is 849. The van der Waals surface area contributed by atoms with Crippen molar-refractivity contribution in [1.82, 2.24) is 9.80 Å². The number of carbonyl (C=O) groups excluding carboxylic acids is 4. The molecule has 0 aromatic heterocycles. The molecule has 0 unspecified atom stereocenters. The average Bonchev–Trinajstić information content (AvgIpc) is 2.81. The molecule has 0 radical (unpaired) electrons. The third kappa shape index (κ3) is 3.51. The van der Waals surface area contributed by atoms with Gasteiger partial charge in [-0.25, -0.2) is 9.69 Å². The second-order valence-corrected chi connectivity index (χ2v) is 6.40. The fourth-order valence-corrected chi connectivity index (χ4v) is 2.73. The maximum absolute atomic E-state index is 12.4. The van der Waals surface area contributed by atoms with Crippen molar-refractivity contribution in [2.75, 3.05) is 6.54 Å². The zero-order valence-corrected chi connectivity index (χ0v) is 14.6. The minimum absolute atomic E-state index is 0.00673. The Labute approximate surface area is 152 Å². The molecule has 25 heavy (non-hydrogen) atoms. The van der Waals surface area contributed by atoms with Crippen molar-refractivity contribution in [2.24, 2.45) is 0 Å². The van der Waals surface area contributed by atoms with Crippen molar-refractivity contribution in [1.29, 1.82) is 0 Å². The molecule has 1 heterocycles. The quantitative estimate of drug-likeness (QED) is 0.439. The van der Waals surface area contributed by atoms with Gasteiger partial charge in [0.2, 0.25) is 0 Å². The van der Waals surface area contributed by atoms with E-state index in [0.717, 1.165) is 14.9 Å². The number of amides is 4. The first-order chi connectivity index (χ1) is 12.0. The maximum Gasteiger partial charge on any atom is 0.334 e. The Morgan fingerprint density at radius 2 is 1.44 bits per heavy atom. The van der Waals surface area contributed by atoms with E-state index in [1.807, 2.05) is 6.07 Å². The summed E-state index contributed by atoms with van der Waals surface area (Å²) in [4.78, 5) is 50.4. The highest BCUT2D eigenvalue weighted by molar-refractivity contribution is 9.10. The Morgan fingerprint density at radius 3 is 2.08 bits per heavy atom. The van der Waals surface area contributed by atoms with Crippen LogP contribution in [0, 0.1) is 0 Å². The van der Waals surface area contributed by atoms with Crippen LogP contribution in [0.4, 0.5) is 4.79 Å². The van der Waals surface area contributed by atoms with Gasteiger partial charge in [0.25, 0.3) is 0 Å². The second-order valence-electron chi connectivity index (χ2n) is 5.48. The highest BCUT2D eigenvalue weighted by Crippen LogP contribution is 2.17. The molecule has 0 bridgehead atoms. The van der Waals surface area contributed by atoms with Gasteiger partial charge < -0.3 is 0 Å². The molecule has 1 saturated heterocycles. The van der Waals surface area contributed by atoms with Crippen LogP contribution in [-0.2, 0) is 16.1 Å². The summed E-state index contributed by atoms with van der Waals surface area (Å²) in [6, 6.07) is 14.6. The molecule has 1 aliphatic heterocycles. The standard InChI is InChI=1S/C18H13BrN2O4/c19-14-8-6-13(7-9-14)15(22)11-21-17(24)16(23)20(18(21)25)10-12-4-2-1-3-5-12/h1-9H,10-11H2. The molecule has 4 amide bonds. The summed E-state index contributed by atoms with van der Waals surface area (Å²) in [5, 5.41) is 0. The third-order valence-corrected chi connectivity index (χ3v) is 4.32. The molecule has 1 fully saturated rings. The molecule has 0 saturated carbocycles. The minimum atomic E-state index is -0.980. The number of hydrogen-bond donors (Lipinski definition) is 0. The van der Waals surface area contributed by atoms with Gasteiger partial charge >= 0.3 is 17.8 Å². The molecule has 3 rings (SSSR count). The summed E-state index contributed by atoms with van der Waals surface area (Å²) in [7, 11) is 0. The number of hydrogen-bond acceptors (Lipinski definition) is 4. The van der Waals surface area contributed by atoms with Gasteiger partial charge in [-0.3, -0.25) is 19.3 Å². The lowest BCUT2D eigenvalue weighted by atomic mass is 10.1. The van der Waals surface area contributed by atoms with E-state index in [4.69, 9.17) is 0 Å². The molecule has 6 nitrogen and oxygen atoms in total. The van der Waals surface area contributed by atoms with E-state index in [1.165, 1.54) is 0 Å². The van der Waals surface area contributed by atoms with Gasteiger partial charge in [0.15, 0.2) is 5.78 Å². The first kappa shape index (κ1) is 17.0. The first-order valence-electron chi connectivity index (χ1n) is 7.47. The van der Waals surface area contributed by atoms with E-state index >= 15 is 0 Å². The molecule has 2 aromatic carbocycles. The van der Waals surface area contributed by atoms with Crippen LogP contribution < -0.4 is 0 Å². The van der Waals surface area contributed by atoms with Crippen molar-refractivity contribution >= 4 is 39.6 Å². The lowest BCUT2D eigenvalue weighted by Crippen LogP contribution is -2.36.